The van der Waals surface area contributed by atoms with Gasteiger partial charge in [-0.25, -0.2) is 4.79 Å². The summed E-state index contributed by atoms with van der Waals surface area (Å²) in [5.41, 5.74) is 5.50. The summed E-state index contributed by atoms with van der Waals surface area (Å²) in [6, 6.07) is 2.58. The smallest absolute Gasteiger partial charge is 0.379 e. The first-order valence-electron chi connectivity index (χ1n) is 5.67. The number of fused-ring (bicyclic) bond motifs is 1. The lowest BCUT2D eigenvalue weighted by molar-refractivity contribution is -0.174. The van der Waals surface area contributed by atoms with Crippen LogP contribution in [0.5, 0.6) is 11.5 Å². The van der Waals surface area contributed by atoms with Gasteiger partial charge in [0.25, 0.3) is 0 Å². The van der Waals surface area contributed by atoms with Crippen LogP contribution < -0.4 is 15.2 Å². The molecule has 0 bridgehead atoms. The molecule has 0 fully saturated rings. The minimum atomic E-state index is -3.84. The molecule has 20 heavy (non-hydrogen) atoms. The molecule has 2 rings (SSSR count). The van der Waals surface area contributed by atoms with E-state index in [-0.39, 0.29) is 37.1 Å². The molecule has 2 N–H and O–H groups in total. The fourth-order valence-corrected chi connectivity index (χ4v) is 1.75. The number of esters is 1. The lowest BCUT2D eigenvalue weighted by Gasteiger charge is -2.22. The Labute approximate surface area is 120 Å². The van der Waals surface area contributed by atoms with Crippen molar-refractivity contribution in [3.05, 3.63) is 23.8 Å². The van der Waals surface area contributed by atoms with Gasteiger partial charge >= 0.3 is 11.9 Å². The van der Waals surface area contributed by atoms with E-state index in [1.54, 1.807) is 6.07 Å². The average Bonchev–Trinajstić information content (AvgIpc) is 2.86. The van der Waals surface area contributed by atoms with E-state index in [1.807, 2.05) is 0 Å². The van der Waals surface area contributed by atoms with Gasteiger partial charge in [0.05, 0.1) is 6.61 Å². The van der Waals surface area contributed by atoms with E-state index in [0.29, 0.717) is 5.75 Å². The van der Waals surface area contributed by atoms with Gasteiger partial charge in [-0.05, 0) is 13.0 Å². The van der Waals surface area contributed by atoms with Crippen molar-refractivity contribution in [2.24, 2.45) is 5.73 Å². The van der Waals surface area contributed by atoms with Crippen LogP contribution in [0.4, 0.5) is 8.78 Å². The maximum atomic E-state index is 13.9. The van der Waals surface area contributed by atoms with Gasteiger partial charge in [0, 0.05) is 5.56 Å². The normalized spacial score (nSPS) is 14.4. The molecule has 0 saturated heterocycles. The van der Waals surface area contributed by atoms with Crippen LogP contribution in [0.3, 0.4) is 0 Å². The van der Waals surface area contributed by atoms with Crippen molar-refractivity contribution in [1.29, 1.82) is 0 Å². The lowest BCUT2D eigenvalue weighted by atomic mass is 10.00. The van der Waals surface area contributed by atoms with Gasteiger partial charge in [-0.3, -0.25) is 0 Å². The number of rotatable bonds is 4. The highest BCUT2D eigenvalue weighted by Crippen LogP contribution is 2.42. The molecule has 1 aliphatic rings. The number of carbonyl (C=O) groups is 1. The average molecular weight is 310 g/mol. The third-order valence-electron chi connectivity index (χ3n) is 2.70. The molecule has 0 aliphatic carbocycles. The number of hydrogen-bond donors (Lipinski definition) is 1. The molecule has 1 heterocycles. The molecule has 0 aromatic heterocycles. The summed E-state index contributed by atoms with van der Waals surface area (Å²) < 4.78 is 42.2. The van der Waals surface area contributed by atoms with Crippen molar-refractivity contribution in [1.82, 2.24) is 0 Å². The molecule has 1 atom stereocenters. The van der Waals surface area contributed by atoms with E-state index in [9.17, 15) is 13.6 Å². The van der Waals surface area contributed by atoms with Gasteiger partial charge in [-0.2, -0.15) is 8.78 Å². The Hall–Kier alpha value is -1.60. The fourth-order valence-electron chi connectivity index (χ4n) is 1.75. The Balaban J connectivity index is 0.00000200. The van der Waals surface area contributed by atoms with Gasteiger partial charge in [-0.15, -0.1) is 12.4 Å². The van der Waals surface area contributed by atoms with Gasteiger partial charge in [-0.1, -0.05) is 12.1 Å². The van der Waals surface area contributed by atoms with Crippen molar-refractivity contribution in [2.45, 2.75) is 18.9 Å². The van der Waals surface area contributed by atoms with E-state index in [4.69, 9.17) is 15.2 Å². The second-order valence-electron chi connectivity index (χ2n) is 3.90. The number of nitrogens with two attached hydrogens (primary N) is 1. The second-order valence-corrected chi connectivity index (χ2v) is 3.90. The minimum Gasteiger partial charge on any atom is -0.462 e. The number of alkyl halides is 2. The van der Waals surface area contributed by atoms with Crippen molar-refractivity contribution in [2.75, 3.05) is 13.4 Å². The highest BCUT2D eigenvalue weighted by atomic mass is 35.5. The van der Waals surface area contributed by atoms with Gasteiger partial charge in [0.2, 0.25) is 6.79 Å². The molecule has 112 valence electrons. The third kappa shape index (κ3) is 2.78. The maximum absolute atomic E-state index is 13.9. The Kier molecular flexibility index (Phi) is 5.13. The molecule has 1 aliphatic heterocycles. The Morgan fingerprint density at radius 1 is 1.50 bits per heavy atom. The van der Waals surface area contributed by atoms with Crippen LogP contribution in [0.1, 0.15) is 18.5 Å². The molecule has 1 aromatic carbocycles. The van der Waals surface area contributed by atoms with E-state index < -0.39 is 17.9 Å². The number of hydrogen-bond acceptors (Lipinski definition) is 5. The maximum Gasteiger partial charge on any atom is 0.379 e. The van der Waals surface area contributed by atoms with Crippen molar-refractivity contribution < 1.29 is 27.8 Å². The zero-order valence-electron chi connectivity index (χ0n) is 10.6. The summed E-state index contributed by atoms with van der Waals surface area (Å²) in [4.78, 5) is 11.3. The molecule has 1 aromatic rings. The van der Waals surface area contributed by atoms with E-state index in [1.165, 1.54) is 19.1 Å². The number of ether oxygens (including phenoxy) is 3. The summed E-state index contributed by atoms with van der Waals surface area (Å²) in [6.07, 6.45) is 0. The second kappa shape index (κ2) is 6.23. The van der Waals surface area contributed by atoms with Crippen LogP contribution in [-0.2, 0) is 9.53 Å². The molecule has 0 unspecified atom stereocenters. The molecule has 0 spiro atoms. The van der Waals surface area contributed by atoms with Crippen LogP contribution in [0.25, 0.3) is 0 Å². The van der Waals surface area contributed by atoms with Crippen LogP contribution >= 0.6 is 12.4 Å². The number of halogens is 3. The highest BCUT2D eigenvalue weighted by Gasteiger charge is 2.49. The Morgan fingerprint density at radius 2 is 2.20 bits per heavy atom. The number of para-hydroxylation sites is 1. The predicted octanol–water partition coefficient (Wildman–Crippen LogP) is 2.04. The van der Waals surface area contributed by atoms with Crippen molar-refractivity contribution >= 4 is 18.4 Å². The van der Waals surface area contributed by atoms with Crippen LogP contribution in [0.2, 0.25) is 0 Å². The van der Waals surface area contributed by atoms with Crippen LogP contribution in [0.15, 0.2) is 18.2 Å². The van der Waals surface area contributed by atoms with Gasteiger partial charge in [0.15, 0.2) is 11.5 Å². The first kappa shape index (κ1) is 16.5. The van der Waals surface area contributed by atoms with Crippen LogP contribution in [0, 0.1) is 0 Å². The summed E-state index contributed by atoms with van der Waals surface area (Å²) in [7, 11) is 0. The largest absolute Gasteiger partial charge is 0.462 e. The molecule has 5 nitrogen and oxygen atoms in total. The summed E-state index contributed by atoms with van der Waals surface area (Å²) >= 11 is 0. The highest BCUT2D eigenvalue weighted by molar-refractivity contribution is 5.85. The molecule has 8 heteroatoms. The first-order chi connectivity index (χ1) is 8.98. The number of carbonyl (C=O) groups excluding carboxylic acids is 1. The van der Waals surface area contributed by atoms with E-state index >= 15 is 0 Å². The SMILES string of the molecule is CCOC(=O)C(F)(F)[C@H](N)c1cccc2c1OCO2.Cl. The summed E-state index contributed by atoms with van der Waals surface area (Å²) in [5, 5.41) is 0. The van der Waals surface area contributed by atoms with Crippen molar-refractivity contribution in [3.8, 4) is 11.5 Å². The molecule has 0 amide bonds. The standard InChI is InChI=1S/C12H13F2NO4.ClH/c1-2-17-11(16)12(13,14)10(15)7-4-3-5-8-9(7)19-6-18-8;/h3-5,10H,2,6,15H2,1H3;1H/t10-;/m1./s1. The zero-order valence-corrected chi connectivity index (χ0v) is 11.4. The predicted molar refractivity (Wildman–Crippen MR) is 68.3 cm³/mol. The quantitative estimate of drug-likeness (QED) is 0.862. The van der Waals surface area contributed by atoms with E-state index in [2.05, 4.69) is 4.74 Å². The fraction of sp³-hybridized carbons (Fsp3) is 0.417. The molecule has 0 radical (unpaired) electrons. The van der Waals surface area contributed by atoms with E-state index in [0.717, 1.165) is 0 Å². The topological polar surface area (TPSA) is 70.8 Å². The Morgan fingerprint density at radius 3 is 2.85 bits per heavy atom. The summed E-state index contributed by atoms with van der Waals surface area (Å²) in [6.45, 7) is 1.23. The monoisotopic (exact) mass is 309 g/mol. The zero-order chi connectivity index (χ0) is 14.0. The third-order valence-corrected chi connectivity index (χ3v) is 2.70. The summed E-state index contributed by atoms with van der Waals surface area (Å²) in [5.74, 6) is -5.03. The van der Waals surface area contributed by atoms with Gasteiger partial charge in [0.1, 0.15) is 6.04 Å². The van der Waals surface area contributed by atoms with Crippen LogP contribution in [-0.4, -0.2) is 25.3 Å². The minimum absolute atomic E-state index is 0. The first-order valence-corrected chi connectivity index (χ1v) is 5.67. The number of benzene rings is 1. The molecular weight excluding hydrogens is 296 g/mol. The Bertz CT molecular complexity index is 498. The van der Waals surface area contributed by atoms with Crippen molar-refractivity contribution in [3.63, 3.8) is 0 Å². The van der Waals surface area contributed by atoms with Gasteiger partial charge < -0.3 is 19.9 Å². The molecule has 0 saturated carbocycles. The lowest BCUT2D eigenvalue weighted by Crippen LogP contribution is -2.41. The molecular formula is C12H14ClF2NO4.